The molecule has 22 heavy (non-hydrogen) atoms. The number of benzene rings is 1. The number of pyridine rings is 1. The second-order valence-corrected chi connectivity index (χ2v) is 4.89. The minimum atomic E-state index is -0.253. The summed E-state index contributed by atoms with van der Waals surface area (Å²) in [6.45, 7) is 2.72. The zero-order valence-corrected chi connectivity index (χ0v) is 12.5. The number of rotatable bonds is 6. The Morgan fingerprint density at radius 2 is 1.91 bits per heavy atom. The van der Waals surface area contributed by atoms with E-state index in [9.17, 15) is 9.59 Å². The summed E-state index contributed by atoms with van der Waals surface area (Å²) in [5.74, 6) is -0.387. The Labute approximate surface area is 129 Å². The van der Waals surface area contributed by atoms with Crippen LogP contribution in [0.2, 0.25) is 0 Å². The van der Waals surface area contributed by atoms with Crippen molar-refractivity contribution in [2.45, 2.75) is 19.8 Å². The molecule has 5 heteroatoms. The van der Waals surface area contributed by atoms with Gasteiger partial charge < -0.3 is 10.6 Å². The number of unbranched alkanes of at least 4 members (excludes halogenated alkanes) is 1. The van der Waals surface area contributed by atoms with E-state index in [2.05, 4.69) is 22.5 Å². The normalized spacial score (nSPS) is 10.0. The number of carbonyl (C=O) groups excluding carboxylic acids is 2. The molecule has 0 fully saturated rings. The first-order valence-corrected chi connectivity index (χ1v) is 7.30. The van der Waals surface area contributed by atoms with Crippen molar-refractivity contribution in [1.82, 2.24) is 10.3 Å². The van der Waals surface area contributed by atoms with Crippen LogP contribution in [0.15, 0.2) is 48.8 Å². The van der Waals surface area contributed by atoms with E-state index in [1.165, 1.54) is 6.20 Å². The highest BCUT2D eigenvalue weighted by molar-refractivity contribution is 6.04. The van der Waals surface area contributed by atoms with Crippen LogP contribution < -0.4 is 10.6 Å². The third-order valence-corrected chi connectivity index (χ3v) is 3.12. The van der Waals surface area contributed by atoms with Crippen LogP contribution in [0, 0.1) is 0 Å². The lowest BCUT2D eigenvalue weighted by Crippen LogP contribution is -2.24. The summed E-state index contributed by atoms with van der Waals surface area (Å²) in [5.41, 5.74) is 1.58. The average molecular weight is 297 g/mol. The summed E-state index contributed by atoms with van der Waals surface area (Å²) < 4.78 is 0. The Morgan fingerprint density at radius 1 is 1.09 bits per heavy atom. The van der Waals surface area contributed by atoms with Crippen LogP contribution in [0.25, 0.3) is 0 Å². The molecule has 1 aromatic carbocycles. The highest BCUT2D eigenvalue weighted by Crippen LogP contribution is 2.12. The van der Waals surface area contributed by atoms with Crippen LogP contribution >= 0.6 is 0 Å². The van der Waals surface area contributed by atoms with Gasteiger partial charge in [-0.05, 0) is 36.8 Å². The van der Waals surface area contributed by atoms with Gasteiger partial charge in [-0.15, -0.1) is 0 Å². The Balaban J connectivity index is 2.02. The van der Waals surface area contributed by atoms with Gasteiger partial charge in [0.05, 0.1) is 5.56 Å². The second kappa shape index (κ2) is 7.93. The molecule has 2 amide bonds. The van der Waals surface area contributed by atoms with E-state index < -0.39 is 0 Å². The zero-order chi connectivity index (χ0) is 15.8. The summed E-state index contributed by atoms with van der Waals surface area (Å²) in [6, 6.07) is 10.3. The van der Waals surface area contributed by atoms with Crippen molar-refractivity contribution in [2.24, 2.45) is 0 Å². The molecule has 0 aliphatic rings. The van der Waals surface area contributed by atoms with Crippen molar-refractivity contribution >= 4 is 17.5 Å². The quantitative estimate of drug-likeness (QED) is 0.805. The molecular weight excluding hydrogens is 278 g/mol. The van der Waals surface area contributed by atoms with Crippen molar-refractivity contribution in [3.63, 3.8) is 0 Å². The fraction of sp³-hybridized carbons (Fsp3) is 0.235. The summed E-state index contributed by atoms with van der Waals surface area (Å²) in [5, 5.41) is 5.61. The summed E-state index contributed by atoms with van der Waals surface area (Å²) in [4.78, 5) is 28.0. The van der Waals surface area contributed by atoms with Gasteiger partial charge in [-0.1, -0.05) is 19.4 Å². The lowest BCUT2D eigenvalue weighted by atomic mass is 10.1. The Kier molecular flexibility index (Phi) is 5.65. The van der Waals surface area contributed by atoms with Crippen molar-refractivity contribution in [3.8, 4) is 0 Å². The molecule has 0 unspecified atom stereocenters. The van der Waals surface area contributed by atoms with Crippen molar-refractivity contribution < 1.29 is 9.59 Å². The van der Waals surface area contributed by atoms with Gasteiger partial charge in [-0.3, -0.25) is 14.6 Å². The lowest BCUT2D eigenvalue weighted by Gasteiger charge is -2.08. The molecule has 5 nitrogen and oxygen atoms in total. The maximum atomic E-state index is 12.1. The molecule has 0 saturated carbocycles. The topological polar surface area (TPSA) is 71.1 Å². The van der Waals surface area contributed by atoms with Gasteiger partial charge in [0, 0.05) is 30.2 Å². The summed E-state index contributed by atoms with van der Waals surface area (Å²) >= 11 is 0. The number of amides is 2. The number of nitrogens with zero attached hydrogens (tertiary/aromatic N) is 1. The molecule has 0 atom stereocenters. The van der Waals surface area contributed by atoms with Crippen molar-refractivity contribution in [2.75, 3.05) is 11.9 Å². The molecular formula is C17H19N3O2. The molecule has 2 rings (SSSR count). The first kappa shape index (κ1) is 15.7. The Hall–Kier alpha value is -2.69. The van der Waals surface area contributed by atoms with Gasteiger partial charge in [0.15, 0.2) is 0 Å². The third kappa shape index (κ3) is 4.41. The highest BCUT2D eigenvalue weighted by Gasteiger charge is 2.09. The van der Waals surface area contributed by atoms with Gasteiger partial charge >= 0.3 is 0 Å². The maximum absolute atomic E-state index is 12.1. The second-order valence-electron chi connectivity index (χ2n) is 4.89. The molecule has 1 aromatic heterocycles. The zero-order valence-electron chi connectivity index (χ0n) is 12.5. The van der Waals surface area contributed by atoms with E-state index in [-0.39, 0.29) is 11.8 Å². The van der Waals surface area contributed by atoms with Crippen LogP contribution in [0.3, 0.4) is 0 Å². The summed E-state index contributed by atoms with van der Waals surface area (Å²) in [6.07, 6.45) is 5.08. The van der Waals surface area contributed by atoms with Gasteiger partial charge in [0.1, 0.15) is 0 Å². The molecule has 0 spiro atoms. The van der Waals surface area contributed by atoms with Crippen LogP contribution in [0.5, 0.6) is 0 Å². The molecule has 2 aromatic rings. The van der Waals surface area contributed by atoms with E-state index in [0.717, 1.165) is 12.8 Å². The predicted molar refractivity (Wildman–Crippen MR) is 85.9 cm³/mol. The van der Waals surface area contributed by atoms with Crippen LogP contribution in [0.1, 0.15) is 40.5 Å². The van der Waals surface area contributed by atoms with E-state index in [0.29, 0.717) is 23.4 Å². The van der Waals surface area contributed by atoms with Crippen LogP contribution in [-0.4, -0.2) is 23.3 Å². The fourth-order valence-electron chi connectivity index (χ4n) is 1.92. The molecule has 0 aliphatic heterocycles. The van der Waals surface area contributed by atoms with Gasteiger partial charge in [-0.25, -0.2) is 0 Å². The van der Waals surface area contributed by atoms with Crippen LogP contribution in [-0.2, 0) is 0 Å². The number of aromatic nitrogens is 1. The van der Waals surface area contributed by atoms with Gasteiger partial charge in [-0.2, -0.15) is 0 Å². The average Bonchev–Trinajstić information content (AvgIpc) is 2.56. The van der Waals surface area contributed by atoms with Gasteiger partial charge in [0.25, 0.3) is 11.8 Å². The number of anilines is 1. The summed E-state index contributed by atoms with van der Waals surface area (Å²) in [7, 11) is 0. The maximum Gasteiger partial charge on any atom is 0.257 e. The Bertz CT molecular complexity index is 641. The minimum Gasteiger partial charge on any atom is -0.352 e. The number of hydrogen-bond acceptors (Lipinski definition) is 3. The monoisotopic (exact) mass is 297 g/mol. The number of carbonyl (C=O) groups is 2. The molecule has 0 radical (unpaired) electrons. The number of hydrogen-bond donors (Lipinski definition) is 2. The van der Waals surface area contributed by atoms with Crippen LogP contribution in [0.4, 0.5) is 5.69 Å². The van der Waals surface area contributed by atoms with Crippen molar-refractivity contribution in [3.05, 3.63) is 59.9 Å². The molecule has 0 bridgehead atoms. The SMILES string of the molecule is CCCCNC(=O)c1cccc(NC(=O)c2cccnc2)c1. The minimum absolute atomic E-state index is 0.133. The Morgan fingerprint density at radius 3 is 2.64 bits per heavy atom. The first-order chi connectivity index (χ1) is 10.7. The molecule has 0 saturated heterocycles. The molecule has 1 heterocycles. The van der Waals surface area contributed by atoms with Crippen molar-refractivity contribution in [1.29, 1.82) is 0 Å². The fourth-order valence-corrected chi connectivity index (χ4v) is 1.92. The third-order valence-electron chi connectivity index (χ3n) is 3.12. The molecule has 114 valence electrons. The van der Waals surface area contributed by atoms with E-state index in [1.807, 2.05) is 0 Å². The largest absolute Gasteiger partial charge is 0.352 e. The molecule has 0 aliphatic carbocycles. The predicted octanol–water partition coefficient (Wildman–Crippen LogP) is 2.86. The standard InChI is InChI=1S/C17H19N3O2/c1-2-3-10-19-16(21)13-6-4-8-15(11-13)20-17(22)14-7-5-9-18-12-14/h4-9,11-12H,2-3,10H2,1H3,(H,19,21)(H,20,22). The van der Waals surface area contributed by atoms with Gasteiger partial charge in [0.2, 0.25) is 0 Å². The first-order valence-electron chi connectivity index (χ1n) is 7.30. The van der Waals surface area contributed by atoms with E-state index in [4.69, 9.17) is 0 Å². The smallest absolute Gasteiger partial charge is 0.257 e. The van der Waals surface area contributed by atoms with E-state index >= 15 is 0 Å². The lowest BCUT2D eigenvalue weighted by molar-refractivity contribution is 0.0951. The molecule has 2 N–H and O–H groups in total. The number of nitrogens with one attached hydrogen (secondary N) is 2. The van der Waals surface area contributed by atoms with E-state index in [1.54, 1.807) is 42.6 Å². The highest BCUT2D eigenvalue weighted by atomic mass is 16.2.